The largest absolute Gasteiger partial charge is 0.507 e. The Hall–Kier alpha value is -1.81. The van der Waals surface area contributed by atoms with E-state index in [-0.39, 0.29) is 11.3 Å². The summed E-state index contributed by atoms with van der Waals surface area (Å²) >= 11 is 5.70. The van der Waals surface area contributed by atoms with E-state index >= 15 is 0 Å². The monoisotopic (exact) mass is 238 g/mol. The summed E-state index contributed by atoms with van der Waals surface area (Å²) in [6.45, 7) is 1.83. The van der Waals surface area contributed by atoms with Crippen LogP contribution in [-0.2, 0) is 0 Å². The van der Waals surface area contributed by atoms with Gasteiger partial charge in [0, 0.05) is 11.2 Å². The van der Waals surface area contributed by atoms with Crippen LogP contribution < -0.4 is 5.43 Å². The number of carbonyl (C=O) groups excluding carboxylic acids is 1. The van der Waals surface area contributed by atoms with Gasteiger partial charge < -0.3 is 5.11 Å². The van der Waals surface area contributed by atoms with E-state index in [0.717, 1.165) is 0 Å². The molecule has 0 bridgehead atoms. The summed E-state index contributed by atoms with van der Waals surface area (Å²) < 4.78 is 0. The van der Waals surface area contributed by atoms with Crippen molar-refractivity contribution >= 4 is 23.7 Å². The molecular weight excluding hydrogens is 228 g/mol. The molecule has 0 saturated heterocycles. The van der Waals surface area contributed by atoms with Crippen molar-refractivity contribution in [2.24, 2.45) is 5.10 Å². The first-order valence-corrected chi connectivity index (χ1v) is 4.96. The normalized spacial score (nSPS) is 11.1. The molecule has 1 aromatic carbocycles. The Balaban J connectivity index is 2.76. The lowest BCUT2D eigenvalue weighted by Crippen LogP contribution is -2.17. The molecule has 0 atom stereocenters. The van der Waals surface area contributed by atoms with Crippen molar-refractivity contribution in [2.45, 2.75) is 6.92 Å². The first kappa shape index (κ1) is 12.3. The fraction of sp³-hybridized carbons (Fsp3) is 0.0909. The van der Waals surface area contributed by atoms with Crippen LogP contribution in [0.4, 0.5) is 0 Å². The second-order valence-electron chi connectivity index (χ2n) is 2.91. The number of hydrogen-bond acceptors (Lipinski definition) is 3. The molecule has 0 radical (unpaired) electrons. The number of benzene rings is 1. The van der Waals surface area contributed by atoms with Gasteiger partial charge in [0.1, 0.15) is 5.75 Å². The van der Waals surface area contributed by atoms with Crippen molar-refractivity contribution in [3.05, 3.63) is 40.9 Å². The maximum Gasteiger partial charge on any atom is 0.275 e. The van der Waals surface area contributed by atoms with E-state index in [1.165, 1.54) is 24.4 Å². The van der Waals surface area contributed by atoms with Crippen molar-refractivity contribution < 1.29 is 9.90 Å². The molecule has 0 spiro atoms. The number of hydrogen-bond donors (Lipinski definition) is 2. The maximum atomic E-state index is 11.5. The van der Waals surface area contributed by atoms with Gasteiger partial charge in [0.15, 0.2) is 0 Å². The number of halogens is 1. The number of nitrogens with one attached hydrogen (secondary N) is 1. The second kappa shape index (κ2) is 5.92. The number of carbonyl (C=O) groups is 1. The fourth-order valence-electron chi connectivity index (χ4n) is 0.975. The van der Waals surface area contributed by atoms with Gasteiger partial charge >= 0.3 is 0 Å². The standard InChI is InChI=1S/C11H11ClN2O2/c1-2-3-6-13-14-11(16)9-7-8(12)4-5-10(9)15/h2-7,15H,1H3,(H,14,16). The highest BCUT2D eigenvalue weighted by atomic mass is 35.5. The highest BCUT2D eigenvalue weighted by Crippen LogP contribution is 2.21. The minimum atomic E-state index is -0.513. The third-order valence-corrected chi connectivity index (χ3v) is 1.96. The molecule has 2 N–H and O–H groups in total. The molecule has 16 heavy (non-hydrogen) atoms. The zero-order chi connectivity index (χ0) is 12.0. The highest BCUT2D eigenvalue weighted by molar-refractivity contribution is 6.31. The lowest BCUT2D eigenvalue weighted by molar-refractivity contribution is 0.0952. The number of phenols is 1. The summed E-state index contributed by atoms with van der Waals surface area (Å²) in [6.07, 6.45) is 4.87. The van der Waals surface area contributed by atoms with Crippen LogP contribution >= 0.6 is 11.6 Å². The molecule has 4 nitrogen and oxygen atoms in total. The number of phenolic OH excluding ortho intramolecular Hbond substituents is 1. The molecule has 0 aliphatic heterocycles. The number of rotatable bonds is 3. The van der Waals surface area contributed by atoms with E-state index in [9.17, 15) is 9.90 Å². The molecule has 0 unspecified atom stereocenters. The van der Waals surface area contributed by atoms with Crippen molar-refractivity contribution in [3.8, 4) is 5.75 Å². The van der Waals surface area contributed by atoms with Gasteiger partial charge in [-0.2, -0.15) is 5.10 Å². The molecule has 0 heterocycles. The first-order chi connectivity index (χ1) is 7.65. The van der Waals surface area contributed by atoms with Gasteiger partial charge in [-0.25, -0.2) is 5.43 Å². The SMILES string of the molecule is CC=CC=NNC(=O)c1cc(Cl)ccc1O. The van der Waals surface area contributed by atoms with E-state index in [4.69, 9.17) is 11.6 Å². The Morgan fingerprint density at radius 1 is 1.56 bits per heavy atom. The predicted octanol–water partition coefficient (Wildman–Crippen LogP) is 2.34. The summed E-state index contributed by atoms with van der Waals surface area (Å²) in [6, 6.07) is 4.22. The number of amides is 1. The minimum absolute atomic E-state index is 0.0881. The third kappa shape index (κ3) is 3.40. The predicted molar refractivity (Wildman–Crippen MR) is 63.9 cm³/mol. The average Bonchev–Trinajstić information content (AvgIpc) is 2.27. The summed E-state index contributed by atoms with van der Waals surface area (Å²) in [5.41, 5.74) is 2.35. The zero-order valence-corrected chi connectivity index (χ0v) is 9.40. The Labute approximate surface area is 98.2 Å². The molecule has 0 aromatic heterocycles. The number of nitrogens with zero attached hydrogens (tertiary/aromatic N) is 1. The summed E-state index contributed by atoms with van der Waals surface area (Å²) in [5, 5.41) is 13.4. The van der Waals surface area contributed by atoms with E-state index in [1.807, 2.05) is 6.92 Å². The fourth-order valence-corrected chi connectivity index (χ4v) is 1.15. The van der Waals surface area contributed by atoms with Crippen molar-refractivity contribution in [2.75, 3.05) is 0 Å². The molecule has 0 fully saturated rings. The Bertz CT molecular complexity index is 442. The van der Waals surface area contributed by atoms with Crippen LogP contribution in [0, 0.1) is 0 Å². The van der Waals surface area contributed by atoms with Gasteiger partial charge in [-0.15, -0.1) is 0 Å². The second-order valence-corrected chi connectivity index (χ2v) is 3.34. The van der Waals surface area contributed by atoms with E-state index < -0.39 is 5.91 Å². The molecule has 1 aromatic rings. The number of aromatic hydroxyl groups is 1. The summed E-state index contributed by atoms with van der Waals surface area (Å²) in [7, 11) is 0. The van der Waals surface area contributed by atoms with Crippen LogP contribution in [0.3, 0.4) is 0 Å². The lowest BCUT2D eigenvalue weighted by atomic mass is 10.2. The van der Waals surface area contributed by atoms with E-state index in [2.05, 4.69) is 10.5 Å². The molecule has 1 rings (SSSR count). The molecule has 0 aliphatic carbocycles. The Kier molecular flexibility index (Phi) is 4.54. The van der Waals surface area contributed by atoms with Gasteiger partial charge in [-0.3, -0.25) is 4.79 Å². The van der Waals surface area contributed by atoms with Gasteiger partial charge in [0.05, 0.1) is 5.56 Å². The van der Waals surface area contributed by atoms with Crippen LogP contribution in [0.15, 0.2) is 35.5 Å². The van der Waals surface area contributed by atoms with Crippen LogP contribution in [0.25, 0.3) is 0 Å². The van der Waals surface area contributed by atoms with Crippen molar-refractivity contribution in [1.29, 1.82) is 0 Å². The molecular formula is C11H11ClN2O2. The maximum absolute atomic E-state index is 11.5. The molecule has 0 aliphatic rings. The van der Waals surface area contributed by atoms with Crippen LogP contribution in [-0.4, -0.2) is 17.2 Å². The van der Waals surface area contributed by atoms with E-state index in [0.29, 0.717) is 5.02 Å². The smallest absolute Gasteiger partial charge is 0.275 e. The quantitative estimate of drug-likeness (QED) is 0.627. The molecule has 0 saturated carbocycles. The van der Waals surface area contributed by atoms with E-state index in [1.54, 1.807) is 12.2 Å². The van der Waals surface area contributed by atoms with Gasteiger partial charge in [0.25, 0.3) is 5.91 Å². The summed E-state index contributed by atoms with van der Waals surface area (Å²) in [5.74, 6) is -0.649. The van der Waals surface area contributed by atoms with Crippen molar-refractivity contribution in [1.82, 2.24) is 5.43 Å². The highest BCUT2D eigenvalue weighted by Gasteiger charge is 2.10. The van der Waals surface area contributed by atoms with Gasteiger partial charge in [0.2, 0.25) is 0 Å². The average molecular weight is 239 g/mol. The zero-order valence-electron chi connectivity index (χ0n) is 8.64. The first-order valence-electron chi connectivity index (χ1n) is 4.58. The summed E-state index contributed by atoms with van der Waals surface area (Å²) in [4.78, 5) is 11.5. The van der Waals surface area contributed by atoms with Crippen molar-refractivity contribution in [3.63, 3.8) is 0 Å². The molecule has 5 heteroatoms. The number of allylic oxidation sites excluding steroid dienone is 2. The third-order valence-electron chi connectivity index (χ3n) is 1.72. The van der Waals surface area contributed by atoms with Gasteiger partial charge in [-0.1, -0.05) is 17.7 Å². The van der Waals surface area contributed by atoms with Crippen LogP contribution in [0.5, 0.6) is 5.75 Å². The van der Waals surface area contributed by atoms with Crippen LogP contribution in [0.2, 0.25) is 5.02 Å². The van der Waals surface area contributed by atoms with Gasteiger partial charge in [-0.05, 0) is 31.2 Å². The molecule has 84 valence electrons. The topological polar surface area (TPSA) is 61.7 Å². The van der Waals surface area contributed by atoms with Crippen LogP contribution in [0.1, 0.15) is 17.3 Å². The lowest BCUT2D eigenvalue weighted by Gasteiger charge is -2.02. The minimum Gasteiger partial charge on any atom is -0.507 e. The Morgan fingerprint density at radius 3 is 3.00 bits per heavy atom. The molecule has 1 amide bonds. The number of hydrazone groups is 1. The Morgan fingerprint density at radius 2 is 2.31 bits per heavy atom.